The predicted octanol–water partition coefficient (Wildman–Crippen LogP) is 3.09. The quantitative estimate of drug-likeness (QED) is 0.849. The number of nitrogen functional groups attached to an aromatic ring is 1. The van der Waals surface area contributed by atoms with Crippen LogP contribution in [0.2, 0.25) is 0 Å². The van der Waals surface area contributed by atoms with E-state index >= 15 is 0 Å². The van der Waals surface area contributed by atoms with E-state index in [0.29, 0.717) is 23.9 Å². The third-order valence-corrected chi connectivity index (χ3v) is 2.79. The van der Waals surface area contributed by atoms with Crippen molar-refractivity contribution in [3.8, 4) is 0 Å². The molecule has 1 aromatic heterocycles. The summed E-state index contributed by atoms with van der Waals surface area (Å²) in [6.07, 6.45) is 0.527. The van der Waals surface area contributed by atoms with Gasteiger partial charge in [-0.2, -0.15) is 0 Å². The largest absolute Gasteiger partial charge is 0.383 e. The summed E-state index contributed by atoms with van der Waals surface area (Å²) in [5.74, 6) is -2.44. The van der Waals surface area contributed by atoms with Crippen molar-refractivity contribution in [3.05, 3.63) is 41.0 Å². The van der Waals surface area contributed by atoms with E-state index in [9.17, 15) is 13.2 Å². The molecule has 0 aliphatic heterocycles. The van der Waals surface area contributed by atoms with Crippen molar-refractivity contribution < 1.29 is 13.2 Å². The van der Waals surface area contributed by atoms with Crippen LogP contribution in [0.4, 0.5) is 30.5 Å². The fourth-order valence-electron chi connectivity index (χ4n) is 1.64. The van der Waals surface area contributed by atoms with E-state index < -0.39 is 17.5 Å². The van der Waals surface area contributed by atoms with Crippen LogP contribution in [-0.4, -0.2) is 9.97 Å². The smallest absolute Gasteiger partial charge is 0.182 e. The number of nitrogens with zero attached hydrogens (tertiary/aromatic N) is 2. The maximum absolute atomic E-state index is 13.6. The van der Waals surface area contributed by atoms with Crippen molar-refractivity contribution in [1.82, 2.24) is 9.97 Å². The van der Waals surface area contributed by atoms with E-state index in [0.717, 1.165) is 6.07 Å². The van der Waals surface area contributed by atoms with Crippen LogP contribution in [0.1, 0.15) is 18.3 Å². The maximum atomic E-state index is 13.6. The normalized spacial score (nSPS) is 10.7. The van der Waals surface area contributed by atoms with Gasteiger partial charge in [-0.1, -0.05) is 6.92 Å². The molecule has 0 radical (unpaired) electrons. The molecule has 0 aliphatic rings. The number of hydrogen-bond acceptors (Lipinski definition) is 4. The Hall–Kier alpha value is -2.31. The predicted molar refractivity (Wildman–Crippen MR) is 70.2 cm³/mol. The van der Waals surface area contributed by atoms with Gasteiger partial charge in [-0.05, 0) is 6.92 Å². The summed E-state index contributed by atoms with van der Waals surface area (Å²) in [5, 5.41) is 2.55. The minimum Gasteiger partial charge on any atom is -0.383 e. The second-order valence-electron chi connectivity index (χ2n) is 4.23. The van der Waals surface area contributed by atoms with Gasteiger partial charge in [0.1, 0.15) is 23.3 Å². The topological polar surface area (TPSA) is 63.8 Å². The zero-order chi connectivity index (χ0) is 14.9. The Balaban J connectivity index is 2.47. The Morgan fingerprint density at radius 3 is 2.55 bits per heavy atom. The molecule has 1 aromatic carbocycles. The molecule has 2 aromatic rings. The second kappa shape index (κ2) is 5.36. The monoisotopic (exact) mass is 282 g/mol. The standard InChI is InChI=1S/C13H13F3N4/c1-3-10-19-12(17)6(2)13(20-10)18-9-5-7(14)4-8(15)11(9)16/h4-5H,3H2,1-2H3,(H3,17,18,19,20). The number of aryl methyl sites for hydroxylation is 1. The average Bonchev–Trinajstić information content (AvgIpc) is 2.40. The van der Waals surface area contributed by atoms with Gasteiger partial charge in [-0.25, -0.2) is 23.1 Å². The van der Waals surface area contributed by atoms with E-state index in [1.165, 1.54) is 0 Å². The summed E-state index contributed by atoms with van der Waals surface area (Å²) < 4.78 is 39.9. The summed E-state index contributed by atoms with van der Waals surface area (Å²) in [4.78, 5) is 8.17. The summed E-state index contributed by atoms with van der Waals surface area (Å²) in [5.41, 5.74) is 5.85. The molecule has 0 saturated heterocycles. The summed E-state index contributed by atoms with van der Waals surface area (Å²) in [6, 6.07) is 1.32. The molecule has 0 saturated carbocycles. The van der Waals surface area contributed by atoms with Crippen molar-refractivity contribution in [2.45, 2.75) is 20.3 Å². The first kappa shape index (κ1) is 14.1. The Morgan fingerprint density at radius 2 is 1.90 bits per heavy atom. The molecule has 1 heterocycles. The number of halogens is 3. The number of nitrogens with two attached hydrogens (primary N) is 1. The first-order valence-corrected chi connectivity index (χ1v) is 5.97. The van der Waals surface area contributed by atoms with Crippen LogP contribution >= 0.6 is 0 Å². The zero-order valence-corrected chi connectivity index (χ0v) is 11.0. The highest BCUT2D eigenvalue weighted by Crippen LogP contribution is 2.26. The molecule has 0 fully saturated rings. The van der Waals surface area contributed by atoms with Gasteiger partial charge in [-0.3, -0.25) is 0 Å². The summed E-state index contributed by atoms with van der Waals surface area (Å²) in [6.45, 7) is 3.46. The highest BCUT2D eigenvalue weighted by Gasteiger charge is 2.14. The molecule has 0 aliphatic carbocycles. The second-order valence-corrected chi connectivity index (χ2v) is 4.23. The highest BCUT2D eigenvalue weighted by atomic mass is 19.2. The lowest BCUT2D eigenvalue weighted by atomic mass is 10.2. The van der Waals surface area contributed by atoms with E-state index in [2.05, 4.69) is 15.3 Å². The highest BCUT2D eigenvalue weighted by molar-refractivity contribution is 5.64. The van der Waals surface area contributed by atoms with Crippen LogP contribution in [0, 0.1) is 24.4 Å². The van der Waals surface area contributed by atoms with Gasteiger partial charge >= 0.3 is 0 Å². The average molecular weight is 282 g/mol. The number of aromatic nitrogens is 2. The minimum absolute atomic E-state index is 0.221. The van der Waals surface area contributed by atoms with Crippen molar-refractivity contribution >= 4 is 17.3 Å². The zero-order valence-electron chi connectivity index (χ0n) is 11.0. The van der Waals surface area contributed by atoms with Gasteiger partial charge in [-0.15, -0.1) is 0 Å². The Bertz CT molecular complexity index is 659. The molecule has 106 valence electrons. The Kier molecular flexibility index (Phi) is 3.78. The molecular formula is C13H13F3N4. The third kappa shape index (κ3) is 2.66. The van der Waals surface area contributed by atoms with Crippen LogP contribution in [0.3, 0.4) is 0 Å². The van der Waals surface area contributed by atoms with Crippen molar-refractivity contribution in [1.29, 1.82) is 0 Å². The number of hydrogen-bond donors (Lipinski definition) is 2. The molecule has 0 amide bonds. The van der Waals surface area contributed by atoms with Crippen LogP contribution < -0.4 is 11.1 Å². The molecule has 0 bridgehead atoms. The molecule has 4 nitrogen and oxygen atoms in total. The molecule has 0 atom stereocenters. The van der Waals surface area contributed by atoms with Gasteiger partial charge in [0.05, 0.1) is 5.69 Å². The van der Waals surface area contributed by atoms with Crippen LogP contribution in [0.15, 0.2) is 12.1 Å². The van der Waals surface area contributed by atoms with Gasteiger partial charge in [0, 0.05) is 24.1 Å². The fraction of sp³-hybridized carbons (Fsp3) is 0.231. The lowest BCUT2D eigenvalue weighted by Crippen LogP contribution is -2.08. The molecule has 7 heteroatoms. The number of rotatable bonds is 3. The van der Waals surface area contributed by atoms with Crippen molar-refractivity contribution in [2.24, 2.45) is 0 Å². The molecule has 2 rings (SSSR count). The van der Waals surface area contributed by atoms with Crippen molar-refractivity contribution in [3.63, 3.8) is 0 Å². The van der Waals surface area contributed by atoms with Gasteiger partial charge < -0.3 is 11.1 Å². The third-order valence-electron chi connectivity index (χ3n) is 2.79. The van der Waals surface area contributed by atoms with Gasteiger partial charge in [0.15, 0.2) is 11.6 Å². The molecule has 3 N–H and O–H groups in total. The maximum Gasteiger partial charge on any atom is 0.182 e. The molecular weight excluding hydrogens is 269 g/mol. The van der Waals surface area contributed by atoms with Crippen molar-refractivity contribution in [2.75, 3.05) is 11.1 Å². The molecule has 0 spiro atoms. The van der Waals surface area contributed by atoms with E-state index in [1.54, 1.807) is 6.92 Å². The Labute approximate surface area is 113 Å². The first-order valence-electron chi connectivity index (χ1n) is 5.97. The van der Waals surface area contributed by atoms with Crippen LogP contribution in [0.25, 0.3) is 0 Å². The van der Waals surface area contributed by atoms with E-state index in [-0.39, 0.29) is 17.3 Å². The first-order chi connectivity index (χ1) is 9.42. The molecule has 20 heavy (non-hydrogen) atoms. The Morgan fingerprint density at radius 1 is 1.20 bits per heavy atom. The minimum atomic E-state index is -1.28. The van der Waals surface area contributed by atoms with Crippen LogP contribution in [0.5, 0.6) is 0 Å². The fourth-order valence-corrected chi connectivity index (χ4v) is 1.64. The van der Waals surface area contributed by atoms with E-state index in [4.69, 9.17) is 5.73 Å². The van der Waals surface area contributed by atoms with E-state index in [1.807, 2.05) is 6.92 Å². The number of anilines is 3. The summed E-state index contributed by atoms with van der Waals surface area (Å²) >= 11 is 0. The SMILES string of the molecule is CCc1nc(N)c(C)c(Nc2cc(F)cc(F)c2F)n1. The number of nitrogens with one attached hydrogen (secondary N) is 1. The lowest BCUT2D eigenvalue weighted by Gasteiger charge is -2.12. The number of benzene rings is 1. The molecule has 0 unspecified atom stereocenters. The summed E-state index contributed by atoms with van der Waals surface area (Å²) in [7, 11) is 0. The lowest BCUT2D eigenvalue weighted by molar-refractivity contribution is 0.498. The van der Waals surface area contributed by atoms with Crippen LogP contribution in [-0.2, 0) is 6.42 Å². The van der Waals surface area contributed by atoms with Gasteiger partial charge in [0.2, 0.25) is 0 Å². The van der Waals surface area contributed by atoms with Gasteiger partial charge in [0.25, 0.3) is 0 Å².